The summed E-state index contributed by atoms with van der Waals surface area (Å²) in [5, 5.41) is 2.95. The first kappa shape index (κ1) is 14.7. The van der Waals surface area contributed by atoms with Gasteiger partial charge in [-0.1, -0.05) is 56.5 Å². The highest BCUT2D eigenvalue weighted by Gasteiger charge is 2.11. The van der Waals surface area contributed by atoms with E-state index in [0.29, 0.717) is 0 Å². The van der Waals surface area contributed by atoms with Gasteiger partial charge in [-0.3, -0.25) is 0 Å². The second-order valence-electron chi connectivity index (χ2n) is 4.57. The maximum absolute atomic E-state index is 10.4. The van der Waals surface area contributed by atoms with Crippen LogP contribution < -0.4 is 4.74 Å². The lowest BCUT2D eigenvalue weighted by atomic mass is 10.1. The van der Waals surface area contributed by atoms with Crippen molar-refractivity contribution in [3.63, 3.8) is 0 Å². The maximum Gasteiger partial charge on any atom is 0.124 e. The van der Waals surface area contributed by atoms with E-state index >= 15 is 0 Å². The fourth-order valence-electron chi connectivity index (χ4n) is 2.01. The molecule has 0 N–H and O–H groups in total. The van der Waals surface area contributed by atoms with E-state index in [-0.39, 0.29) is 12.6 Å². The van der Waals surface area contributed by atoms with Gasteiger partial charge in [-0.15, -0.1) is 0 Å². The van der Waals surface area contributed by atoms with E-state index in [1.54, 1.807) is 0 Å². The van der Waals surface area contributed by atoms with Gasteiger partial charge in [0.25, 0.3) is 0 Å². The van der Waals surface area contributed by atoms with Crippen LogP contribution in [0.4, 0.5) is 0 Å². The third-order valence-corrected chi connectivity index (χ3v) is 2.99. The van der Waals surface area contributed by atoms with Crippen molar-refractivity contribution >= 4 is 0 Å². The smallest absolute Gasteiger partial charge is 0.124 e. The summed E-state index contributed by atoms with van der Waals surface area (Å²) in [6.45, 7) is 4.54. The topological polar surface area (TPSA) is 38.7 Å². The summed E-state index contributed by atoms with van der Waals surface area (Å²) in [5.41, 5.74) is 0.880. The summed E-state index contributed by atoms with van der Waals surface area (Å²) in [7, 11) is 0. The zero-order chi connectivity index (χ0) is 13.2. The normalized spacial score (nSPS) is 12.1. The number of nitroso groups, excluding NO2 is 1. The minimum absolute atomic E-state index is 0.183. The van der Waals surface area contributed by atoms with Gasteiger partial charge in [0, 0.05) is 5.56 Å². The van der Waals surface area contributed by atoms with Crippen molar-refractivity contribution in [2.24, 2.45) is 5.18 Å². The van der Waals surface area contributed by atoms with E-state index in [4.69, 9.17) is 4.74 Å². The van der Waals surface area contributed by atoms with Crippen molar-refractivity contribution in [3.8, 4) is 5.75 Å². The Labute approximate surface area is 110 Å². The predicted octanol–water partition coefficient (Wildman–Crippen LogP) is 4.69. The molecule has 1 unspecified atom stereocenters. The van der Waals surface area contributed by atoms with E-state index in [1.165, 1.54) is 12.8 Å². The zero-order valence-electron chi connectivity index (χ0n) is 11.4. The lowest BCUT2D eigenvalue weighted by Gasteiger charge is -2.20. The van der Waals surface area contributed by atoms with E-state index < -0.39 is 0 Å². The lowest BCUT2D eigenvalue weighted by Crippen LogP contribution is -2.17. The van der Waals surface area contributed by atoms with Crippen LogP contribution in [0.5, 0.6) is 5.75 Å². The highest BCUT2D eigenvalue weighted by Crippen LogP contribution is 2.23. The van der Waals surface area contributed by atoms with Crippen molar-refractivity contribution < 1.29 is 4.74 Å². The van der Waals surface area contributed by atoms with E-state index in [1.807, 2.05) is 24.3 Å². The van der Waals surface area contributed by atoms with E-state index in [9.17, 15) is 4.91 Å². The quantitative estimate of drug-likeness (QED) is 0.595. The molecule has 1 atom stereocenters. The molecule has 0 fully saturated rings. The van der Waals surface area contributed by atoms with Gasteiger partial charge in [-0.05, 0) is 18.9 Å². The fraction of sp³-hybridized carbons (Fsp3) is 0.600. The molecule has 0 amide bonds. The number of ether oxygens (including phenoxy) is 1. The van der Waals surface area contributed by atoms with E-state index in [0.717, 1.165) is 30.6 Å². The summed E-state index contributed by atoms with van der Waals surface area (Å²) < 4.78 is 6.04. The summed E-state index contributed by atoms with van der Waals surface area (Å²) in [6.07, 6.45) is 5.86. The van der Waals surface area contributed by atoms with Crippen molar-refractivity contribution in [1.82, 2.24) is 0 Å². The lowest BCUT2D eigenvalue weighted by molar-refractivity contribution is 0.175. The summed E-state index contributed by atoms with van der Waals surface area (Å²) in [5.74, 6) is 0.812. The number of hydrogen-bond donors (Lipinski definition) is 0. The second kappa shape index (κ2) is 8.67. The second-order valence-corrected chi connectivity index (χ2v) is 4.57. The van der Waals surface area contributed by atoms with Crippen molar-refractivity contribution in [3.05, 3.63) is 34.7 Å². The Bertz CT molecular complexity index is 352. The predicted molar refractivity (Wildman–Crippen MR) is 74.8 cm³/mol. The fourth-order valence-corrected chi connectivity index (χ4v) is 2.01. The van der Waals surface area contributed by atoms with Gasteiger partial charge in [-0.2, -0.15) is 4.91 Å². The molecule has 1 aromatic rings. The van der Waals surface area contributed by atoms with Crippen LogP contribution >= 0.6 is 0 Å². The maximum atomic E-state index is 10.4. The molecule has 18 heavy (non-hydrogen) atoms. The average Bonchev–Trinajstić information content (AvgIpc) is 2.39. The molecule has 0 saturated heterocycles. The number of nitrogens with zero attached hydrogens (tertiary/aromatic N) is 1. The van der Waals surface area contributed by atoms with Gasteiger partial charge in [-0.25, -0.2) is 0 Å². The third-order valence-electron chi connectivity index (χ3n) is 2.99. The molecule has 0 aliphatic rings. The number of rotatable bonds is 9. The first-order chi connectivity index (χ1) is 8.81. The summed E-state index contributed by atoms with van der Waals surface area (Å²) >= 11 is 0. The number of benzene rings is 1. The molecule has 0 aliphatic heterocycles. The molecule has 100 valence electrons. The molecule has 0 spiro atoms. The average molecular weight is 249 g/mol. The molecule has 1 rings (SSSR count). The van der Waals surface area contributed by atoms with Crippen LogP contribution in [0.1, 0.15) is 51.5 Å². The van der Waals surface area contributed by atoms with Crippen LogP contribution in [0, 0.1) is 4.91 Å². The van der Waals surface area contributed by atoms with Crippen LogP contribution in [0.25, 0.3) is 0 Å². The SMILES string of the molecule is CCCCC(CCC)Oc1ccccc1CN=O. The van der Waals surface area contributed by atoms with Crippen molar-refractivity contribution in [2.45, 2.75) is 58.6 Å². The Hall–Kier alpha value is -1.38. The molecule has 0 heterocycles. The minimum atomic E-state index is 0.183. The van der Waals surface area contributed by atoms with Gasteiger partial charge < -0.3 is 4.74 Å². The Kier molecular flexibility index (Phi) is 7.07. The van der Waals surface area contributed by atoms with Gasteiger partial charge in [0.05, 0.1) is 6.10 Å². The minimum Gasteiger partial charge on any atom is -0.490 e. The molecule has 0 bridgehead atoms. The Balaban J connectivity index is 2.69. The number of unbranched alkanes of at least 4 members (excludes halogenated alkanes) is 1. The molecule has 3 heteroatoms. The largest absolute Gasteiger partial charge is 0.490 e. The van der Waals surface area contributed by atoms with Crippen LogP contribution in [0.3, 0.4) is 0 Å². The monoisotopic (exact) mass is 249 g/mol. The number of para-hydroxylation sites is 1. The van der Waals surface area contributed by atoms with E-state index in [2.05, 4.69) is 19.0 Å². The first-order valence-electron chi connectivity index (χ1n) is 6.85. The van der Waals surface area contributed by atoms with Crippen LogP contribution in [0.2, 0.25) is 0 Å². The van der Waals surface area contributed by atoms with Gasteiger partial charge >= 0.3 is 0 Å². The molecule has 1 aromatic carbocycles. The molecule has 0 aliphatic carbocycles. The zero-order valence-corrected chi connectivity index (χ0v) is 11.4. The van der Waals surface area contributed by atoms with Crippen LogP contribution in [-0.4, -0.2) is 6.10 Å². The summed E-state index contributed by atoms with van der Waals surface area (Å²) in [6, 6.07) is 7.68. The van der Waals surface area contributed by atoms with Gasteiger partial charge in [0.1, 0.15) is 12.3 Å². The molecule has 3 nitrogen and oxygen atoms in total. The third kappa shape index (κ3) is 4.86. The number of hydrogen-bond acceptors (Lipinski definition) is 3. The Morgan fingerprint density at radius 2 is 1.94 bits per heavy atom. The molecule has 0 radical (unpaired) electrons. The molecule has 0 saturated carbocycles. The molecule has 0 aromatic heterocycles. The standard InChI is InChI=1S/C15H23NO2/c1-3-5-10-14(8-4-2)18-15-11-7-6-9-13(15)12-16-17/h6-7,9,11,14H,3-5,8,10,12H2,1-2H3. The van der Waals surface area contributed by atoms with Crippen molar-refractivity contribution in [2.75, 3.05) is 0 Å². The Morgan fingerprint density at radius 1 is 1.17 bits per heavy atom. The molecular formula is C15H23NO2. The van der Waals surface area contributed by atoms with Crippen molar-refractivity contribution in [1.29, 1.82) is 0 Å². The van der Waals surface area contributed by atoms with Gasteiger partial charge in [0.2, 0.25) is 0 Å². The van der Waals surface area contributed by atoms with Crippen LogP contribution in [-0.2, 0) is 6.54 Å². The molecular weight excluding hydrogens is 226 g/mol. The highest BCUT2D eigenvalue weighted by atomic mass is 16.5. The van der Waals surface area contributed by atoms with Gasteiger partial charge in [0.15, 0.2) is 0 Å². The highest BCUT2D eigenvalue weighted by molar-refractivity contribution is 5.33. The van der Waals surface area contributed by atoms with Crippen LogP contribution in [0.15, 0.2) is 29.4 Å². The Morgan fingerprint density at radius 3 is 2.61 bits per heavy atom. The summed E-state index contributed by atoms with van der Waals surface area (Å²) in [4.78, 5) is 10.4. The first-order valence-corrected chi connectivity index (χ1v) is 6.85.